The lowest BCUT2D eigenvalue weighted by molar-refractivity contribution is -0.271. The maximum absolute atomic E-state index is 10.7. The lowest BCUT2D eigenvalue weighted by Gasteiger charge is -2.44. The van der Waals surface area contributed by atoms with Crippen LogP contribution in [0.3, 0.4) is 0 Å². The molecule has 2 N–H and O–H groups in total. The number of esters is 1. The quantitative estimate of drug-likeness (QED) is 0.530. The maximum Gasteiger partial charge on any atom is 0.302 e. The zero-order chi connectivity index (χ0) is 13.1. The van der Waals surface area contributed by atoms with Gasteiger partial charge in [0.15, 0.2) is 5.79 Å². The van der Waals surface area contributed by atoms with Crippen molar-refractivity contribution >= 4 is 5.97 Å². The summed E-state index contributed by atoms with van der Waals surface area (Å²) in [4.78, 5) is 10.7. The van der Waals surface area contributed by atoms with Gasteiger partial charge in [-0.25, -0.2) is 0 Å². The Bertz CT molecular complexity index is 275. The van der Waals surface area contributed by atoms with Gasteiger partial charge in [0.1, 0.15) is 12.2 Å². The van der Waals surface area contributed by atoms with Crippen molar-refractivity contribution in [1.29, 1.82) is 0 Å². The van der Waals surface area contributed by atoms with Gasteiger partial charge >= 0.3 is 5.97 Å². The number of carbonyl (C=O) groups excluding carboxylic acids is 1. The second-order valence-electron chi connectivity index (χ2n) is 4.42. The SMILES string of the molecule is COC1(OC)CC[C@@](O)(COC(C)=O)[C@H](O)C1. The van der Waals surface area contributed by atoms with Crippen LogP contribution in [-0.4, -0.2) is 54.5 Å². The molecule has 1 fully saturated rings. The fourth-order valence-corrected chi connectivity index (χ4v) is 2.01. The zero-order valence-corrected chi connectivity index (χ0v) is 10.4. The first-order valence-electron chi connectivity index (χ1n) is 5.51. The molecule has 0 aromatic heterocycles. The zero-order valence-electron chi connectivity index (χ0n) is 10.4. The summed E-state index contributed by atoms with van der Waals surface area (Å²) in [5, 5.41) is 20.1. The average molecular weight is 248 g/mol. The van der Waals surface area contributed by atoms with Crippen LogP contribution in [0.25, 0.3) is 0 Å². The van der Waals surface area contributed by atoms with Crippen LogP contribution in [0.15, 0.2) is 0 Å². The normalized spacial score (nSPS) is 32.2. The van der Waals surface area contributed by atoms with E-state index in [-0.39, 0.29) is 19.4 Å². The molecular weight excluding hydrogens is 228 g/mol. The molecule has 0 radical (unpaired) electrons. The van der Waals surface area contributed by atoms with Gasteiger partial charge < -0.3 is 24.4 Å². The molecule has 0 unspecified atom stereocenters. The first-order chi connectivity index (χ1) is 7.87. The summed E-state index contributed by atoms with van der Waals surface area (Å²) in [6.45, 7) is 1.04. The predicted octanol–water partition coefficient (Wildman–Crippen LogP) is -0.186. The molecule has 1 aliphatic rings. The second-order valence-corrected chi connectivity index (χ2v) is 4.42. The Balaban J connectivity index is 2.65. The molecule has 6 heteroatoms. The van der Waals surface area contributed by atoms with E-state index in [9.17, 15) is 15.0 Å². The van der Waals surface area contributed by atoms with E-state index in [0.29, 0.717) is 6.42 Å². The molecule has 0 saturated heterocycles. The molecule has 1 saturated carbocycles. The van der Waals surface area contributed by atoms with Crippen molar-refractivity contribution in [3.05, 3.63) is 0 Å². The Morgan fingerprint density at radius 3 is 2.35 bits per heavy atom. The molecule has 100 valence electrons. The van der Waals surface area contributed by atoms with Gasteiger partial charge in [0, 0.05) is 34.0 Å². The summed E-state index contributed by atoms with van der Waals surface area (Å²) >= 11 is 0. The van der Waals surface area contributed by atoms with Gasteiger partial charge in [-0.3, -0.25) is 4.79 Å². The van der Waals surface area contributed by atoms with E-state index >= 15 is 0 Å². The van der Waals surface area contributed by atoms with Gasteiger partial charge in [0.05, 0.1) is 6.10 Å². The van der Waals surface area contributed by atoms with E-state index in [1.54, 1.807) is 0 Å². The van der Waals surface area contributed by atoms with Crippen molar-refractivity contribution in [3.8, 4) is 0 Å². The van der Waals surface area contributed by atoms with E-state index in [2.05, 4.69) is 0 Å². The van der Waals surface area contributed by atoms with Crippen molar-refractivity contribution in [2.24, 2.45) is 0 Å². The predicted molar refractivity (Wildman–Crippen MR) is 58.2 cm³/mol. The van der Waals surface area contributed by atoms with Crippen LogP contribution in [0.2, 0.25) is 0 Å². The highest BCUT2D eigenvalue weighted by atomic mass is 16.7. The van der Waals surface area contributed by atoms with Gasteiger partial charge in [-0.05, 0) is 6.42 Å². The summed E-state index contributed by atoms with van der Waals surface area (Å²) in [5.41, 5.74) is -1.42. The van der Waals surface area contributed by atoms with E-state index in [0.717, 1.165) is 0 Å². The van der Waals surface area contributed by atoms with Crippen LogP contribution in [-0.2, 0) is 19.0 Å². The summed E-state index contributed by atoms with van der Waals surface area (Å²) in [6.07, 6.45) is -0.258. The van der Waals surface area contributed by atoms with Crippen molar-refractivity contribution in [2.45, 2.75) is 43.7 Å². The number of carbonyl (C=O) groups is 1. The number of hydrogen-bond acceptors (Lipinski definition) is 6. The third kappa shape index (κ3) is 3.16. The summed E-state index contributed by atoms with van der Waals surface area (Å²) in [5.74, 6) is -1.36. The molecule has 1 rings (SSSR count). The molecular formula is C11H20O6. The molecule has 0 amide bonds. The first-order valence-corrected chi connectivity index (χ1v) is 5.51. The molecule has 0 aromatic rings. The van der Waals surface area contributed by atoms with Crippen molar-refractivity contribution in [2.75, 3.05) is 20.8 Å². The number of ether oxygens (including phenoxy) is 3. The minimum Gasteiger partial charge on any atom is -0.463 e. The Kier molecular flexibility index (Phi) is 4.48. The smallest absolute Gasteiger partial charge is 0.302 e. The van der Waals surface area contributed by atoms with Crippen LogP contribution in [0.1, 0.15) is 26.2 Å². The first kappa shape index (κ1) is 14.4. The largest absolute Gasteiger partial charge is 0.463 e. The standard InChI is InChI=1S/C11H20O6/c1-8(12)17-7-10(14)4-5-11(15-2,16-3)6-9(10)13/h9,13-14H,4-7H2,1-3H3/t9-,10-/m1/s1. The number of rotatable bonds is 4. The Labute approximate surface area is 100 Å². The minimum atomic E-state index is -1.42. The number of hydrogen-bond donors (Lipinski definition) is 2. The number of aliphatic hydroxyl groups excluding tert-OH is 1. The summed E-state index contributed by atoms with van der Waals surface area (Å²) in [7, 11) is 2.99. The van der Waals surface area contributed by atoms with Gasteiger partial charge in [-0.2, -0.15) is 0 Å². The fourth-order valence-electron chi connectivity index (χ4n) is 2.01. The third-order valence-corrected chi connectivity index (χ3v) is 3.33. The monoisotopic (exact) mass is 248 g/mol. The molecule has 1 aliphatic carbocycles. The third-order valence-electron chi connectivity index (χ3n) is 3.33. The highest BCUT2D eigenvalue weighted by Gasteiger charge is 2.49. The highest BCUT2D eigenvalue weighted by Crippen LogP contribution is 2.37. The molecule has 0 aliphatic heterocycles. The molecule has 6 nitrogen and oxygen atoms in total. The second kappa shape index (κ2) is 5.30. The molecule has 0 heterocycles. The molecule has 0 spiro atoms. The van der Waals surface area contributed by atoms with Crippen LogP contribution >= 0.6 is 0 Å². The van der Waals surface area contributed by atoms with Crippen molar-refractivity contribution in [1.82, 2.24) is 0 Å². The van der Waals surface area contributed by atoms with Crippen LogP contribution in [0, 0.1) is 0 Å². The molecule has 2 atom stereocenters. The van der Waals surface area contributed by atoms with E-state index < -0.39 is 23.5 Å². The van der Waals surface area contributed by atoms with E-state index in [4.69, 9.17) is 14.2 Å². The summed E-state index contributed by atoms with van der Waals surface area (Å²) < 4.78 is 15.2. The summed E-state index contributed by atoms with van der Waals surface area (Å²) in [6, 6.07) is 0. The molecule has 0 aromatic carbocycles. The number of aliphatic hydroxyl groups is 2. The van der Waals surface area contributed by atoms with Crippen molar-refractivity contribution < 1.29 is 29.2 Å². The lowest BCUT2D eigenvalue weighted by atomic mass is 9.79. The average Bonchev–Trinajstić information content (AvgIpc) is 2.31. The van der Waals surface area contributed by atoms with Crippen LogP contribution in [0.5, 0.6) is 0 Å². The van der Waals surface area contributed by atoms with Gasteiger partial charge in [0.2, 0.25) is 0 Å². The molecule has 17 heavy (non-hydrogen) atoms. The highest BCUT2D eigenvalue weighted by molar-refractivity contribution is 5.65. The number of methoxy groups -OCH3 is 2. The Morgan fingerprint density at radius 2 is 1.94 bits per heavy atom. The molecule has 0 bridgehead atoms. The Hall–Kier alpha value is -0.690. The van der Waals surface area contributed by atoms with E-state index in [1.165, 1.54) is 21.1 Å². The van der Waals surface area contributed by atoms with Gasteiger partial charge in [-0.15, -0.1) is 0 Å². The fraction of sp³-hybridized carbons (Fsp3) is 0.909. The van der Waals surface area contributed by atoms with Gasteiger partial charge in [-0.1, -0.05) is 0 Å². The topological polar surface area (TPSA) is 85.2 Å². The van der Waals surface area contributed by atoms with E-state index in [1.807, 2.05) is 0 Å². The maximum atomic E-state index is 10.7. The lowest BCUT2D eigenvalue weighted by Crippen LogP contribution is -2.56. The minimum absolute atomic E-state index is 0.137. The van der Waals surface area contributed by atoms with Crippen LogP contribution < -0.4 is 0 Å². The van der Waals surface area contributed by atoms with Gasteiger partial charge in [0.25, 0.3) is 0 Å². The van der Waals surface area contributed by atoms with Crippen LogP contribution in [0.4, 0.5) is 0 Å². The van der Waals surface area contributed by atoms with Crippen molar-refractivity contribution in [3.63, 3.8) is 0 Å². The Morgan fingerprint density at radius 1 is 1.35 bits per heavy atom.